The average molecular weight is 322 g/mol. The third-order valence-corrected chi connectivity index (χ3v) is 4.83. The molecule has 1 aliphatic carbocycles. The standard InChI is InChI=1S/C19H27FO3/c1-11(2)17-15-8-7-14(20)9-13(15)10-16(18(4,5)6)19(17,22)23-12(3)21/h7-9,11,16-17,22H,10H2,1-6H3/t16?,17-,19-/m1/s1. The van der Waals surface area contributed by atoms with E-state index < -0.39 is 11.8 Å². The van der Waals surface area contributed by atoms with Gasteiger partial charge in [-0.05, 0) is 41.0 Å². The Morgan fingerprint density at radius 2 is 2.00 bits per heavy atom. The van der Waals surface area contributed by atoms with Crippen molar-refractivity contribution in [3.63, 3.8) is 0 Å². The van der Waals surface area contributed by atoms with Gasteiger partial charge >= 0.3 is 5.97 Å². The van der Waals surface area contributed by atoms with Gasteiger partial charge in [0, 0.05) is 12.8 Å². The molecule has 3 nitrogen and oxygen atoms in total. The molecule has 1 aliphatic rings. The topological polar surface area (TPSA) is 46.5 Å². The highest BCUT2D eigenvalue weighted by Crippen LogP contribution is 2.52. The van der Waals surface area contributed by atoms with Crippen LogP contribution >= 0.6 is 0 Å². The lowest BCUT2D eigenvalue weighted by Crippen LogP contribution is -2.56. The van der Waals surface area contributed by atoms with Gasteiger partial charge in [0.2, 0.25) is 5.79 Å². The van der Waals surface area contributed by atoms with E-state index in [-0.39, 0.29) is 29.0 Å². The first-order valence-corrected chi connectivity index (χ1v) is 8.17. The lowest BCUT2D eigenvalue weighted by molar-refractivity contribution is -0.265. The summed E-state index contributed by atoms with van der Waals surface area (Å²) in [4.78, 5) is 11.7. The van der Waals surface area contributed by atoms with E-state index >= 15 is 0 Å². The molecule has 0 saturated carbocycles. The Hall–Kier alpha value is -1.42. The summed E-state index contributed by atoms with van der Waals surface area (Å²) >= 11 is 0. The minimum absolute atomic E-state index is 0.0358. The third-order valence-electron chi connectivity index (χ3n) is 4.83. The number of rotatable bonds is 2. The Labute approximate surface area is 137 Å². The zero-order valence-corrected chi connectivity index (χ0v) is 14.8. The molecule has 0 heterocycles. The molecule has 0 radical (unpaired) electrons. The maximum absolute atomic E-state index is 13.7. The predicted octanol–water partition coefficient (Wildman–Crippen LogP) is 4.04. The van der Waals surface area contributed by atoms with Crippen LogP contribution in [0.2, 0.25) is 0 Å². The molecule has 1 N–H and O–H groups in total. The number of carbonyl (C=O) groups excluding carboxylic acids is 1. The van der Waals surface area contributed by atoms with Gasteiger partial charge in [-0.25, -0.2) is 4.39 Å². The Balaban J connectivity index is 2.68. The highest BCUT2D eigenvalue weighted by Gasteiger charge is 2.56. The second kappa shape index (κ2) is 5.90. The Morgan fingerprint density at radius 1 is 1.39 bits per heavy atom. The number of aliphatic hydroxyl groups is 1. The quantitative estimate of drug-likeness (QED) is 0.660. The Morgan fingerprint density at radius 3 is 2.48 bits per heavy atom. The SMILES string of the molecule is CC(=O)O[C@]1(O)C(C(C)(C)C)Cc2cc(F)ccc2[C@H]1C(C)C. The second-order valence-corrected chi connectivity index (χ2v) is 8.03. The molecule has 0 aromatic heterocycles. The number of benzene rings is 1. The molecule has 4 heteroatoms. The van der Waals surface area contributed by atoms with Crippen LogP contribution in [0.25, 0.3) is 0 Å². The van der Waals surface area contributed by atoms with Crippen LogP contribution in [0.1, 0.15) is 58.6 Å². The third kappa shape index (κ3) is 3.27. The molecule has 2 rings (SSSR count). The van der Waals surface area contributed by atoms with E-state index in [9.17, 15) is 14.3 Å². The molecule has 128 valence electrons. The molecule has 0 fully saturated rings. The van der Waals surface area contributed by atoms with Gasteiger partial charge in [0.05, 0.1) is 5.92 Å². The highest BCUT2D eigenvalue weighted by atomic mass is 19.1. The zero-order chi connectivity index (χ0) is 17.6. The monoisotopic (exact) mass is 322 g/mol. The van der Waals surface area contributed by atoms with Crippen molar-refractivity contribution < 1.29 is 19.0 Å². The maximum atomic E-state index is 13.7. The molecule has 0 spiro atoms. The minimum Gasteiger partial charge on any atom is -0.432 e. The van der Waals surface area contributed by atoms with Crippen LogP contribution < -0.4 is 0 Å². The fraction of sp³-hybridized carbons (Fsp3) is 0.632. The van der Waals surface area contributed by atoms with E-state index in [0.717, 1.165) is 11.1 Å². The molecule has 0 saturated heterocycles. The smallest absolute Gasteiger partial charge is 0.305 e. The van der Waals surface area contributed by atoms with Crippen molar-refractivity contribution in [1.82, 2.24) is 0 Å². The van der Waals surface area contributed by atoms with E-state index in [4.69, 9.17) is 4.74 Å². The summed E-state index contributed by atoms with van der Waals surface area (Å²) in [6, 6.07) is 4.65. The number of halogens is 1. The summed E-state index contributed by atoms with van der Waals surface area (Å²) in [6.45, 7) is 11.3. The zero-order valence-electron chi connectivity index (χ0n) is 14.8. The van der Waals surface area contributed by atoms with Gasteiger partial charge in [-0.15, -0.1) is 0 Å². The molecular weight excluding hydrogens is 295 g/mol. The lowest BCUT2D eigenvalue weighted by atomic mass is 9.60. The number of ether oxygens (including phenoxy) is 1. The van der Waals surface area contributed by atoms with E-state index in [0.29, 0.717) is 6.42 Å². The summed E-state index contributed by atoms with van der Waals surface area (Å²) in [5.41, 5.74) is 1.45. The molecule has 1 unspecified atom stereocenters. The number of esters is 1. The molecule has 0 bridgehead atoms. The van der Waals surface area contributed by atoms with Gasteiger partial charge in [0.1, 0.15) is 5.82 Å². The minimum atomic E-state index is -1.59. The lowest BCUT2D eigenvalue weighted by Gasteiger charge is -2.51. The normalized spacial score (nSPS) is 27.7. The first-order chi connectivity index (χ1) is 10.5. The van der Waals surface area contributed by atoms with E-state index in [1.807, 2.05) is 34.6 Å². The number of fused-ring (bicyclic) bond motifs is 1. The van der Waals surface area contributed by atoms with Crippen LogP contribution in [-0.4, -0.2) is 16.9 Å². The van der Waals surface area contributed by atoms with Crippen molar-refractivity contribution in [3.05, 3.63) is 35.1 Å². The van der Waals surface area contributed by atoms with E-state index in [1.54, 1.807) is 6.07 Å². The number of carbonyl (C=O) groups is 1. The first kappa shape index (κ1) is 17.9. The molecule has 1 aromatic rings. The molecule has 1 aromatic carbocycles. The highest BCUT2D eigenvalue weighted by molar-refractivity contribution is 5.66. The molecule has 23 heavy (non-hydrogen) atoms. The summed E-state index contributed by atoms with van der Waals surface area (Å²) in [7, 11) is 0. The van der Waals surface area contributed by atoms with Crippen LogP contribution in [-0.2, 0) is 16.0 Å². The fourth-order valence-corrected chi connectivity index (χ4v) is 3.99. The molecule has 0 amide bonds. The summed E-state index contributed by atoms with van der Waals surface area (Å²) < 4.78 is 19.2. The van der Waals surface area contributed by atoms with Crippen molar-refractivity contribution in [1.29, 1.82) is 0 Å². The van der Waals surface area contributed by atoms with E-state index in [2.05, 4.69) is 0 Å². The average Bonchev–Trinajstić information content (AvgIpc) is 2.35. The van der Waals surface area contributed by atoms with Gasteiger partial charge in [0.15, 0.2) is 0 Å². The van der Waals surface area contributed by atoms with Crippen LogP contribution in [0.3, 0.4) is 0 Å². The van der Waals surface area contributed by atoms with Crippen molar-refractivity contribution in [2.75, 3.05) is 0 Å². The summed E-state index contributed by atoms with van der Waals surface area (Å²) in [5, 5.41) is 11.4. The van der Waals surface area contributed by atoms with Gasteiger partial charge < -0.3 is 9.84 Å². The maximum Gasteiger partial charge on any atom is 0.305 e. The van der Waals surface area contributed by atoms with Crippen LogP contribution in [0.5, 0.6) is 0 Å². The fourth-order valence-electron chi connectivity index (χ4n) is 3.99. The van der Waals surface area contributed by atoms with Gasteiger partial charge in [-0.2, -0.15) is 0 Å². The van der Waals surface area contributed by atoms with Crippen LogP contribution in [0, 0.1) is 23.1 Å². The Bertz CT molecular complexity index is 603. The largest absolute Gasteiger partial charge is 0.432 e. The molecular formula is C19H27FO3. The second-order valence-electron chi connectivity index (χ2n) is 8.03. The van der Waals surface area contributed by atoms with Gasteiger partial charge in [0.25, 0.3) is 0 Å². The first-order valence-electron chi connectivity index (χ1n) is 8.17. The number of hydrogen-bond donors (Lipinski definition) is 1. The van der Waals surface area contributed by atoms with Crippen molar-refractivity contribution in [2.45, 2.75) is 59.7 Å². The van der Waals surface area contributed by atoms with Crippen molar-refractivity contribution in [3.8, 4) is 0 Å². The van der Waals surface area contributed by atoms with Gasteiger partial charge in [-0.3, -0.25) is 4.79 Å². The predicted molar refractivity (Wildman–Crippen MR) is 87.3 cm³/mol. The van der Waals surface area contributed by atoms with Crippen LogP contribution in [0.4, 0.5) is 4.39 Å². The number of hydrogen-bond acceptors (Lipinski definition) is 3. The Kier molecular flexibility index (Phi) is 4.60. The summed E-state index contributed by atoms with van der Waals surface area (Å²) in [5.74, 6) is -3.05. The van der Waals surface area contributed by atoms with Crippen molar-refractivity contribution >= 4 is 5.97 Å². The van der Waals surface area contributed by atoms with Crippen molar-refractivity contribution in [2.24, 2.45) is 17.3 Å². The molecule has 0 aliphatic heterocycles. The van der Waals surface area contributed by atoms with Gasteiger partial charge in [-0.1, -0.05) is 40.7 Å². The van der Waals surface area contributed by atoms with Crippen LogP contribution in [0.15, 0.2) is 18.2 Å². The molecule has 3 atom stereocenters. The summed E-state index contributed by atoms with van der Waals surface area (Å²) in [6.07, 6.45) is 0.476. The van der Waals surface area contributed by atoms with E-state index in [1.165, 1.54) is 19.1 Å².